The Kier molecular flexibility index (Phi) is 6.06. The Hall–Kier alpha value is -0.381. The first kappa shape index (κ1) is 16.0. The zero-order valence-corrected chi connectivity index (χ0v) is 14.5. The summed E-state index contributed by atoms with van der Waals surface area (Å²) in [6.45, 7) is 3.10. The molecule has 0 aliphatic carbocycles. The van der Waals surface area contributed by atoms with Gasteiger partial charge in [0.05, 0.1) is 0 Å². The van der Waals surface area contributed by atoms with Crippen LogP contribution in [0.2, 0.25) is 4.82 Å². The summed E-state index contributed by atoms with van der Waals surface area (Å²) in [4.78, 5) is 2.79. The maximum atomic E-state index is 5.74. The van der Waals surface area contributed by atoms with Gasteiger partial charge in [-0.05, 0) is 0 Å². The Morgan fingerprint density at radius 2 is 2.10 bits per heavy atom. The van der Waals surface area contributed by atoms with E-state index in [-0.39, 0.29) is 6.29 Å². The average molecular weight is 342 g/mol. The molecule has 20 heavy (non-hydrogen) atoms. The molecule has 112 valence electrons. The molecule has 1 unspecified atom stereocenters. The molecule has 0 aromatic heterocycles. The Morgan fingerprint density at radius 3 is 2.80 bits per heavy atom. The molecule has 3 atom stereocenters. The topological polar surface area (TPSA) is 21.7 Å². The van der Waals surface area contributed by atoms with Crippen molar-refractivity contribution in [2.24, 2.45) is 0 Å². The molecule has 1 aromatic carbocycles. The van der Waals surface area contributed by atoms with Crippen LogP contribution in [0.25, 0.3) is 0 Å². The summed E-state index contributed by atoms with van der Waals surface area (Å²) in [5.41, 5.74) is 1.44. The molecule has 1 aliphatic rings. The third-order valence-electron chi connectivity index (χ3n) is 3.87. The quantitative estimate of drug-likeness (QED) is 0.766. The molecule has 1 aromatic rings. The summed E-state index contributed by atoms with van der Waals surface area (Å²) >= 11 is 0.391. The second-order valence-electron chi connectivity index (χ2n) is 5.45. The number of methoxy groups -OCH3 is 1. The Bertz CT molecular complexity index is 425. The molecule has 0 radical (unpaired) electrons. The number of hydrogen-bond donors (Lipinski definition) is 0. The fourth-order valence-electron chi connectivity index (χ4n) is 2.44. The van der Waals surface area contributed by atoms with Gasteiger partial charge >= 0.3 is 128 Å². The molecule has 0 amide bonds. The van der Waals surface area contributed by atoms with Gasteiger partial charge in [0, 0.05) is 0 Å². The molecule has 0 bridgehead atoms. The number of hydrogen-bond acceptors (Lipinski definition) is 3. The predicted molar refractivity (Wildman–Crippen MR) is 83.7 cm³/mol. The molecule has 4 heteroatoms. The number of nitrogens with zero attached hydrogens (tertiary/aromatic N) is 1. The van der Waals surface area contributed by atoms with Crippen molar-refractivity contribution in [1.29, 1.82) is 0 Å². The SMILES string of the molecule is CO[C@H]1OCCCC1[Se]c1ccccc1[C@@H](C)N(C)C. The fraction of sp³-hybridized carbons (Fsp3) is 0.625. The van der Waals surface area contributed by atoms with Crippen LogP contribution in [-0.4, -0.2) is 54.0 Å². The molecule has 1 aliphatic heterocycles. The van der Waals surface area contributed by atoms with E-state index in [2.05, 4.69) is 50.2 Å². The van der Waals surface area contributed by atoms with Gasteiger partial charge in [0.1, 0.15) is 0 Å². The Morgan fingerprint density at radius 1 is 1.35 bits per heavy atom. The Balaban J connectivity index is 2.16. The fourth-order valence-corrected chi connectivity index (χ4v) is 5.46. The summed E-state index contributed by atoms with van der Waals surface area (Å²) in [7, 11) is 6.03. The summed E-state index contributed by atoms with van der Waals surface area (Å²) in [6, 6.07) is 9.26. The molecule has 2 rings (SSSR count). The van der Waals surface area contributed by atoms with Crippen molar-refractivity contribution in [3.8, 4) is 0 Å². The van der Waals surface area contributed by atoms with E-state index in [1.165, 1.54) is 16.4 Å². The van der Waals surface area contributed by atoms with E-state index in [9.17, 15) is 0 Å². The first-order valence-corrected chi connectivity index (χ1v) is 9.04. The van der Waals surface area contributed by atoms with Crippen LogP contribution in [0.3, 0.4) is 0 Å². The summed E-state index contributed by atoms with van der Waals surface area (Å²) in [6.07, 6.45) is 2.34. The van der Waals surface area contributed by atoms with Crippen LogP contribution in [0.4, 0.5) is 0 Å². The van der Waals surface area contributed by atoms with E-state index >= 15 is 0 Å². The number of benzene rings is 1. The zero-order valence-electron chi connectivity index (χ0n) is 12.8. The third-order valence-corrected chi connectivity index (χ3v) is 6.78. The first-order valence-electron chi connectivity index (χ1n) is 7.20. The third kappa shape index (κ3) is 3.84. The van der Waals surface area contributed by atoms with Crippen LogP contribution >= 0.6 is 0 Å². The van der Waals surface area contributed by atoms with E-state index in [0.29, 0.717) is 25.8 Å². The van der Waals surface area contributed by atoms with E-state index in [4.69, 9.17) is 9.47 Å². The van der Waals surface area contributed by atoms with Crippen LogP contribution in [0, 0.1) is 0 Å². The van der Waals surface area contributed by atoms with Crippen molar-refractivity contribution in [2.75, 3.05) is 27.8 Å². The van der Waals surface area contributed by atoms with Gasteiger partial charge in [-0.2, -0.15) is 0 Å². The molecular weight excluding hydrogens is 317 g/mol. The van der Waals surface area contributed by atoms with Gasteiger partial charge in [0.25, 0.3) is 0 Å². The van der Waals surface area contributed by atoms with Gasteiger partial charge in [-0.3, -0.25) is 0 Å². The molecule has 0 saturated carbocycles. The van der Waals surface area contributed by atoms with Crippen LogP contribution in [0.15, 0.2) is 24.3 Å². The molecule has 1 fully saturated rings. The van der Waals surface area contributed by atoms with Gasteiger partial charge in [-0.15, -0.1) is 0 Å². The molecule has 1 heterocycles. The summed E-state index contributed by atoms with van der Waals surface area (Å²) in [5.74, 6) is 0. The van der Waals surface area contributed by atoms with E-state index in [1.807, 2.05) is 0 Å². The molecular formula is C16H25NO2Se. The Labute approximate surface area is 128 Å². The van der Waals surface area contributed by atoms with Crippen LogP contribution in [0.1, 0.15) is 31.4 Å². The number of ether oxygens (including phenoxy) is 2. The van der Waals surface area contributed by atoms with Gasteiger partial charge in [-0.1, -0.05) is 0 Å². The van der Waals surface area contributed by atoms with Crippen molar-refractivity contribution < 1.29 is 9.47 Å². The van der Waals surface area contributed by atoms with Crippen molar-refractivity contribution in [1.82, 2.24) is 4.90 Å². The van der Waals surface area contributed by atoms with Gasteiger partial charge < -0.3 is 0 Å². The van der Waals surface area contributed by atoms with Crippen LogP contribution in [-0.2, 0) is 9.47 Å². The van der Waals surface area contributed by atoms with Crippen molar-refractivity contribution >= 4 is 19.4 Å². The zero-order chi connectivity index (χ0) is 14.5. The van der Waals surface area contributed by atoms with Gasteiger partial charge in [0.2, 0.25) is 0 Å². The molecule has 3 nitrogen and oxygen atoms in total. The summed E-state index contributed by atoms with van der Waals surface area (Å²) in [5, 5.41) is 0. The van der Waals surface area contributed by atoms with Crippen molar-refractivity contribution in [3.05, 3.63) is 29.8 Å². The average Bonchev–Trinajstić information content (AvgIpc) is 2.47. The van der Waals surface area contributed by atoms with Crippen molar-refractivity contribution in [2.45, 2.75) is 36.9 Å². The second-order valence-corrected chi connectivity index (χ2v) is 8.14. The minimum atomic E-state index is -0.0218. The second kappa shape index (κ2) is 7.58. The molecule has 0 N–H and O–H groups in total. The maximum absolute atomic E-state index is 5.74. The first-order chi connectivity index (χ1) is 9.63. The van der Waals surface area contributed by atoms with Crippen molar-refractivity contribution in [3.63, 3.8) is 0 Å². The molecule has 0 spiro atoms. The summed E-state index contributed by atoms with van der Waals surface area (Å²) < 4.78 is 12.7. The van der Waals surface area contributed by atoms with E-state index in [1.54, 1.807) is 7.11 Å². The predicted octanol–water partition coefficient (Wildman–Crippen LogP) is 2.21. The van der Waals surface area contributed by atoms with Gasteiger partial charge in [0.15, 0.2) is 0 Å². The van der Waals surface area contributed by atoms with Gasteiger partial charge in [-0.25, -0.2) is 0 Å². The van der Waals surface area contributed by atoms with Crippen LogP contribution < -0.4 is 4.46 Å². The normalized spacial score (nSPS) is 24.9. The van der Waals surface area contributed by atoms with Crippen LogP contribution in [0.5, 0.6) is 0 Å². The number of rotatable bonds is 5. The van der Waals surface area contributed by atoms with E-state index < -0.39 is 0 Å². The monoisotopic (exact) mass is 343 g/mol. The standard InChI is InChI=1S/C16H25NO2Se/c1-12(17(2)3)13-8-5-6-9-14(13)20-15-10-7-11-19-16(15)18-4/h5-6,8-9,12,15-16H,7,10-11H2,1-4H3/t12-,15?,16+/m1/s1. The minimum absolute atomic E-state index is 0.0218. The molecule has 1 saturated heterocycles. The van der Waals surface area contributed by atoms with E-state index in [0.717, 1.165) is 13.0 Å².